The number of carbonyl (C=O) groups is 1. The zero-order chi connectivity index (χ0) is 12.8. The molecule has 0 aromatic rings. The van der Waals surface area contributed by atoms with Gasteiger partial charge in [-0.15, -0.1) is 0 Å². The minimum Gasteiger partial charge on any atom is -0.393 e. The van der Waals surface area contributed by atoms with Crippen LogP contribution >= 0.6 is 0 Å². The highest BCUT2D eigenvalue weighted by atomic mass is 16.3. The molecule has 0 aromatic carbocycles. The average molecular weight is 242 g/mol. The number of hydrogen-bond donors (Lipinski definition) is 2. The van der Waals surface area contributed by atoms with E-state index in [-0.39, 0.29) is 17.9 Å². The molecule has 0 radical (unpaired) electrons. The first-order valence-corrected chi connectivity index (χ1v) is 6.76. The van der Waals surface area contributed by atoms with E-state index < -0.39 is 0 Å². The Morgan fingerprint density at radius 3 is 2.65 bits per heavy atom. The Labute approximate surface area is 104 Å². The molecule has 1 amide bonds. The molecule has 1 fully saturated rings. The summed E-state index contributed by atoms with van der Waals surface area (Å²) in [4.78, 5) is 13.9. The molecular weight excluding hydrogens is 216 g/mol. The highest BCUT2D eigenvalue weighted by Crippen LogP contribution is 2.15. The number of hydrogen-bond acceptors (Lipinski definition) is 3. The van der Waals surface area contributed by atoms with Gasteiger partial charge in [-0.2, -0.15) is 0 Å². The standard InChI is InChI=1S/C13H26N2O2/c1-4-11(5-2)14-13(17)9-15-7-6-12(16)10(3)8-15/h10-12,16H,4-9H2,1-3H3,(H,14,17). The van der Waals surface area contributed by atoms with E-state index in [9.17, 15) is 9.90 Å². The van der Waals surface area contributed by atoms with Crippen LogP contribution in [-0.4, -0.2) is 47.7 Å². The zero-order valence-corrected chi connectivity index (χ0v) is 11.3. The first-order valence-electron chi connectivity index (χ1n) is 6.76. The second kappa shape index (κ2) is 6.97. The number of piperidine rings is 1. The van der Waals surface area contributed by atoms with E-state index >= 15 is 0 Å². The fraction of sp³-hybridized carbons (Fsp3) is 0.923. The SMILES string of the molecule is CCC(CC)NC(=O)CN1CCC(O)C(C)C1. The summed E-state index contributed by atoms with van der Waals surface area (Å²) in [7, 11) is 0. The predicted molar refractivity (Wildman–Crippen MR) is 68.7 cm³/mol. The summed E-state index contributed by atoms with van der Waals surface area (Å²) in [5.74, 6) is 0.381. The van der Waals surface area contributed by atoms with Crippen LogP contribution in [0.5, 0.6) is 0 Å². The quantitative estimate of drug-likeness (QED) is 0.756. The van der Waals surface area contributed by atoms with Crippen molar-refractivity contribution in [2.24, 2.45) is 5.92 Å². The zero-order valence-electron chi connectivity index (χ0n) is 11.3. The third-order valence-electron chi connectivity index (χ3n) is 3.66. The van der Waals surface area contributed by atoms with Gasteiger partial charge in [-0.1, -0.05) is 20.8 Å². The minimum atomic E-state index is -0.201. The van der Waals surface area contributed by atoms with Crippen molar-refractivity contribution in [3.05, 3.63) is 0 Å². The summed E-state index contributed by atoms with van der Waals surface area (Å²) in [6.07, 6.45) is 2.54. The monoisotopic (exact) mass is 242 g/mol. The van der Waals surface area contributed by atoms with Crippen molar-refractivity contribution in [1.82, 2.24) is 10.2 Å². The van der Waals surface area contributed by atoms with Crippen LogP contribution in [-0.2, 0) is 4.79 Å². The summed E-state index contributed by atoms with van der Waals surface area (Å²) in [5.41, 5.74) is 0. The molecule has 1 aliphatic heterocycles. The fourth-order valence-corrected chi connectivity index (χ4v) is 2.33. The molecule has 2 N–H and O–H groups in total. The number of carbonyl (C=O) groups excluding carboxylic acids is 1. The molecule has 0 saturated carbocycles. The van der Waals surface area contributed by atoms with E-state index in [0.29, 0.717) is 12.6 Å². The number of nitrogens with one attached hydrogen (secondary N) is 1. The van der Waals surface area contributed by atoms with Gasteiger partial charge in [-0.25, -0.2) is 0 Å². The minimum absolute atomic E-state index is 0.113. The lowest BCUT2D eigenvalue weighted by Crippen LogP contribution is -2.47. The Balaban J connectivity index is 2.31. The maximum atomic E-state index is 11.8. The Hall–Kier alpha value is -0.610. The highest BCUT2D eigenvalue weighted by Gasteiger charge is 2.25. The molecule has 0 bridgehead atoms. The van der Waals surface area contributed by atoms with Crippen LogP contribution in [0.4, 0.5) is 0 Å². The Morgan fingerprint density at radius 2 is 2.12 bits per heavy atom. The first-order chi connectivity index (χ1) is 8.06. The van der Waals surface area contributed by atoms with E-state index in [1.165, 1.54) is 0 Å². The van der Waals surface area contributed by atoms with E-state index in [4.69, 9.17) is 0 Å². The molecule has 2 atom stereocenters. The summed E-state index contributed by atoms with van der Waals surface area (Å²) >= 11 is 0. The van der Waals surface area contributed by atoms with Gasteiger partial charge in [0, 0.05) is 19.1 Å². The Bertz CT molecular complexity index is 242. The first kappa shape index (κ1) is 14.5. The largest absolute Gasteiger partial charge is 0.393 e. The third kappa shape index (κ3) is 4.64. The molecule has 4 nitrogen and oxygen atoms in total. The van der Waals surface area contributed by atoms with Gasteiger partial charge in [0.05, 0.1) is 12.6 Å². The maximum Gasteiger partial charge on any atom is 0.234 e. The molecule has 17 heavy (non-hydrogen) atoms. The molecule has 1 aliphatic rings. The highest BCUT2D eigenvalue weighted by molar-refractivity contribution is 5.78. The van der Waals surface area contributed by atoms with Gasteiger partial charge in [0.15, 0.2) is 0 Å². The van der Waals surface area contributed by atoms with Gasteiger partial charge < -0.3 is 10.4 Å². The molecule has 0 spiro atoms. The second-order valence-corrected chi connectivity index (χ2v) is 5.15. The number of aliphatic hydroxyl groups is 1. The van der Waals surface area contributed by atoms with Crippen LogP contribution in [0.2, 0.25) is 0 Å². The third-order valence-corrected chi connectivity index (χ3v) is 3.66. The van der Waals surface area contributed by atoms with Crippen LogP contribution in [0.1, 0.15) is 40.0 Å². The van der Waals surface area contributed by atoms with Crippen LogP contribution in [0.3, 0.4) is 0 Å². The molecule has 1 heterocycles. The van der Waals surface area contributed by atoms with Crippen molar-refractivity contribution in [3.63, 3.8) is 0 Å². The molecule has 100 valence electrons. The molecule has 1 saturated heterocycles. The summed E-state index contributed by atoms with van der Waals surface area (Å²) in [5, 5.41) is 12.7. The van der Waals surface area contributed by atoms with E-state index in [0.717, 1.165) is 32.4 Å². The van der Waals surface area contributed by atoms with Crippen molar-refractivity contribution in [3.8, 4) is 0 Å². The van der Waals surface area contributed by atoms with Crippen LogP contribution in [0.15, 0.2) is 0 Å². The molecule has 0 aliphatic carbocycles. The average Bonchev–Trinajstić information content (AvgIpc) is 2.31. The second-order valence-electron chi connectivity index (χ2n) is 5.15. The van der Waals surface area contributed by atoms with Gasteiger partial charge >= 0.3 is 0 Å². The molecule has 1 rings (SSSR count). The van der Waals surface area contributed by atoms with Crippen LogP contribution in [0.25, 0.3) is 0 Å². The van der Waals surface area contributed by atoms with Gasteiger partial charge in [0.2, 0.25) is 5.91 Å². The number of likely N-dealkylation sites (tertiary alicyclic amines) is 1. The summed E-state index contributed by atoms with van der Waals surface area (Å²) in [6.45, 7) is 8.32. The molecule has 4 heteroatoms. The summed E-state index contributed by atoms with van der Waals surface area (Å²) in [6, 6.07) is 0.301. The van der Waals surface area contributed by atoms with Crippen molar-refractivity contribution in [2.45, 2.75) is 52.2 Å². The van der Waals surface area contributed by atoms with Gasteiger partial charge in [0.1, 0.15) is 0 Å². The van der Waals surface area contributed by atoms with Gasteiger partial charge in [-0.05, 0) is 25.2 Å². The summed E-state index contributed by atoms with van der Waals surface area (Å²) < 4.78 is 0. The predicted octanol–water partition coefficient (Wildman–Crippen LogP) is 0.994. The van der Waals surface area contributed by atoms with E-state index in [1.54, 1.807) is 0 Å². The molecule has 2 unspecified atom stereocenters. The van der Waals surface area contributed by atoms with Crippen molar-refractivity contribution >= 4 is 5.91 Å². The Morgan fingerprint density at radius 1 is 1.47 bits per heavy atom. The maximum absolute atomic E-state index is 11.8. The lowest BCUT2D eigenvalue weighted by atomic mass is 9.97. The van der Waals surface area contributed by atoms with E-state index in [1.807, 2.05) is 6.92 Å². The van der Waals surface area contributed by atoms with E-state index in [2.05, 4.69) is 24.1 Å². The Kier molecular flexibility index (Phi) is 5.92. The number of amides is 1. The van der Waals surface area contributed by atoms with Crippen molar-refractivity contribution in [2.75, 3.05) is 19.6 Å². The smallest absolute Gasteiger partial charge is 0.234 e. The van der Waals surface area contributed by atoms with Crippen molar-refractivity contribution in [1.29, 1.82) is 0 Å². The molecular formula is C13H26N2O2. The molecule has 0 aromatic heterocycles. The normalized spacial score (nSPS) is 26.2. The lowest BCUT2D eigenvalue weighted by Gasteiger charge is -2.34. The fourth-order valence-electron chi connectivity index (χ4n) is 2.33. The lowest BCUT2D eigenvalue weighted by molar-refractivity contribution is -0.124. The van der Waals surface area contributed by atoms with Crippen LogP contribution < -0.4 is 5.32 Å². The number of nitrogens with zero attached hydrogens (tertiary/aromatic N) is 1. The van der Waals surface area contributed by atoms with Gasteiger partial charge in [-0.3, -0.25) is 9.69 Å². The van der Waals surface area contributed by atoms with Crippen molar-refractivity contribution < 1.29 is 9.90 Å². The number of aliphatic hydroxyl groups excluding tert-OH is 1. The van der Waals surface area contributed by atoms with Gasteiger partial charge in [0.25, 0.3) is 0 Å². The number of rotatable bonds is 5. The van der Waals surface area contributed by atoms with Crippen LogP contribution in [0, 0.1) is 5.92 Å². The topological polar surface area (TPSA) is 52.6 Å².